The predicted octanol–water partition coefficient (Wildman–Crippen LogP) is 2.69. The fraction of sp³-hybridized carbons (Fsp3) is 0.0909. The Morgan fingerprint density at radius 1 is 1.44 bits per heavy atom. The van der Waals surface area contributed by atoms with Crippen LogP contribution in [0.4, 0.5) is 5.69 Å². The van der Waals surface area contributed by atoms with E-state index < -0.39 is 0 Å². The molecule has 1 aromatic rings. The van der Waals surface area contributed by atoms with Crippen LogP contribution in [0.1, 0.15) is 0 Å². The molecule has 0 atom stereocenters. The number of hydrogen-bond donors (Lipinski definition) is 1. The van der Waals surface area contributed by atoms with Crippen molar-refractivity contribution >= 4 is 17.3 Å². The van der Waals surface area contributed by atoms with Crippen molar-refractivity contribution in [3.05, 3.63) is 35.0 Å². The van der Waals surface area contributed by atoms with Gasteiger partial charge in [0.15, 0.2) is 0 Å². The maximum atomic E-state index is 8.51. The summed E-state index contributed by atoms with van der Waals surface area (Å²) < 4.78 is 4.99. The molecular formula is C11H8ClN3O. The highest BCUT2D eigenvalue weighted by Crippen LogP contribution is 2.27. The van der Waals surface area contributed by atoms with Crippen molar-refractivity contribution in [2.24, 2.45) is 0 Å². The molecule has 80 valence electrons. The Balaban J connectivity index is 2.85. The minimum absolute atomic E-state index is 0.00746. The summed E-state index contributed by atoms with van der Waals surface area (Å²) >= 11 is 5.90. The van der Waals surface area contributed by atoms with Crippen LogP contribution in [-0.4, -0.2) is 7.11 Å². The second kappa shape index (κ2) is 5.65. The second-order valence-corrected chi connectivity index (χ2v) is 3.18. The van der Waals surface area contributed by atoms with Crippen molar-refractivity contribution in [1.82, 2.24) is 0 Å². The lowest BCUT2D eigenvalue weighted by molar-refractivity contribution is 0.415. The Kier molecular flexibility index (Phi) is 4.20. The molecule has 0 spiro atoms. The molecule has 0 amide bonds. The Morgan fingerprint density at radius 3 is 2.62 bits per heavy atom. The van der Waals surface area contributed by atoms with Crippen molar-refractivity contribution in [1.29, 1.82) is 10.5 Å². The average Bonchev–Trinajstić information content (AvgIpc) is 2.30. The van der Waals surface area contributed by atoms with E-state index in [1.54, 1.807) is 30.3 Å². The fourth-order valence-electron chi connectivity index (χ4n) is 1.00. The molecule has 0 saturated heterocycles. The molecule has 4 nitrogen and oxygen atoms in total. The van der Waals surface area contributed by atoms with Gasteiger partial charge in [-0.05, 0) is 18.2 Å². The van der Waals surface area contributed by atoms with Crippen LogP contribution in [0.5, 0.6) is 5.75 Å². The summed E-state index contributed by atoms with van der Waals surface area (Å²) in [6.07, 6.45) is 1.32. The number of rotatable bonds is 3. The minimum atomic E-state index is -0.00746. The highest BCUT2D eigenvalue weighted by atomic mass is 35.5. The summed E-state index contributed by atoms with van der Waals surface area (Å²) in [7, 11) is 1.53. The molecule has 0 unspecified atom stereocenters. The third kappa shape index (κ3) is 2.91. The van der Waals surface area contributed by atoms with Gasteiger partial charge in [0.2, 0.25) is 0 Å². The molecule has 1 aromatic carbocycles. The number of nitriles is 2. The van der Waals surface area contributed by atoms with Gasteiger partial charge in [0.05, 0.1) is 12.1 Å². The Bertz CT molecular complexity index is 481. The molecule has 0 aliphatic rings. The summed E-state index contributed by atoms with van der Waals surface area (Å²) in [5, 5.41) is 20.3. The van der Waals surface area contributed by atoms with Gasteiger partial charge in [-0.15, -0.1) is 0 Å². The van der Waals surface area contributed by atoms with E-state index in [-0.39, 0.29) is 5.57 Å². The first-order valence-corrected chi connectivity index (χ1v) is 4.69. The first kappa shape index (κ1) is 11.9. The average molecular weight is 234 g/mol. The molecule has 0 radical (unpaired) electrons. The van der Waals surface area contributed by atoms with Crippen molar-refractivity contribution in [3.63, 3.8) is 0 Å². The van der Waals surface area contributed by atoms with Gasteiger partial charge in [-0.3, -0.25) is 0 Å². The van der Waals surface area contributed by atoms with Crippen molar-refractivity contribution in [3.8, 4) is 17.9 Å². The third-order valence-electron chi connectivity index (χ3n) is 1.78. The highest BCUT2D eigenvalue weighted by molar-refractivity contribution is 6.32. The van der Waals surface area contributed by atoms with Gasteiger partial charge in [-0.1, -0.05) is 11.6 Å². The topological polar surface area (TPSA) is 68.8 Å². The van der Waals surface area contributed by atoms with E-state index in [0.29, 0.717) is 16.5 Å². The first-order chi connectivity index (χ1) is 7.71. The van der Waals surface area contributed by atoms with Crippen LogP contribution in [0, 0.1) is 22.7 Å². The van der Waals surface area contributed by atoms with Gasteiger partial charge in [0.1, 0.15) is 23.5 Å². The van der Waals surface area contributed by atoms with E-state index in [1.165, 1.54) is 13.3 Å². The van der Waals surface area contributed by atoms with Crippen LogP contribution in [-0.2, 0) is 0 Å². The maximum absolute atomic E-state index is 8.51. The molecule has 0 fully saturated rings. The van der Waals surface area contributed by atoms with Crippen LogP contribution >= 0.6 is 11.6 Å². The number of benzene rings is 1. The normalized spacial score (nSPS) is 8.50. The molecule has 1 N–H and O–H groups in total. The zero-order chi connectivity index (χ0) is 12.0. The summed E-state index contributed by atoms with van der Waals surface area (Å²) in [4.78, 5) is 0. The zero-order valence-electron chi connectivity index (χ0n) is 8.49. The molecular weight excluding hydrogens is 226 g/mol. The number of anilines is 1. The maximum Gasteiger partial charge on any atom is 0.145 e. The Hall–Kier alpha value is -2.17. The lowest BCUT2D eigenvalue weighted by Crippen LogP contribution is -1.91. The van der Waals surface area contributed by atoms with Crippen LogP contribution in [0.3, 0.4) is 0 Å². The van der Waals surface area contributed by atoms with E-state index in [9.17, 15) is 0 Å². The van der Waals surface area contributed by atoms with Crippen molar-refractivity contribution in [2.75, 3.05) is 12.4 Å². The lowest BCUT2D eigenvalue weighted by Gasteiger charge is -2.05. The van der Waals surface area contributed by atoms with Gasteiger partial charge in [0, 0.05) is 11.9 Å². The molecule has 0 saturated carbocycles. The predicted molar refractivity (Wildman–Crippen MR) is 60.9 cm³/mol. The molecule has 5 heteroatoms. The van der Waals surface area contributed by atoms with E-state index in [4.69, 9.17) is 26.9 Å². The monoisotopic (exact) mass is 233 g/mol. The molecule has 0 aliphatic heterocycles. The Labute approximate surface area is 98.3 Å². The van der Waals surface area contributed by atoms with Crippen LogP contribution in [0.2, 0.25) is 5.02 Å². The van der Waals surface area contributed by atoms with E-state index >= 15 is 0 Å². The molecule has 0 heterocycles. The van der Waals surface area contributed by atoms with Gasteiger partial charge in [-0.2, -0.15) is 10.5 Å². The number of hydrogen-bond acceptors (Lipinski definition) is 4. The largest absolute Gasteiger partial charge is 0.495 e. The molecule has 0 bridgehead atoms. The lowest BCUT2D eigenvalue weighted by atomic mass is 10.3. The van der Waals surface area contributed by atoms with E-state index in [0.717, 1.165) is 0 Å². The molecule has 1 rings (SSSR count). The fourth-order valence-corrected chi connectivity index (χ4v) is 1.26. The SMILES string of the molecule is COc1ccc(NC=C(C#N)C#N)cc1Cl. The van der Waals surface area contributed by atoms with Crippen molar-refractivity contribution < 1.29 is 4.74 Å². The molecule has 0 aliphatic carbocycles. The molecule has 0 aromatic heterocycles. The number of halogens is 1. The van der Waals surface area contributed by atoms with Crippen molar-refractivity contribution in [2.45, 2.75) is 0 Å². The van der Waals surface area contributed by atoms with E-state index in [1.807, 2.05) is 0 Å². The number of nitrogens with one attached hydrogen (secondary N) is 1. The summed E-state index contributed by atoms with van der Waals surface area (Å²) in [5.74, 6) is 0.567. The number of methoxy groups -OCH3 is 1. The smallest absolute Gasteiger partial charge is 0.145 e. The number of allylic oxidation sites excluding steroid dienone is 1. The Morgan fingerprint density at radius 2 is 2.12 bits per heavy atom. The van der Waals surface area contributed by atoms with Crippen LogP contribution < -0.4 is 10.1 Å². The number of ether oxygens (including phenoxy) is 1. The van der Waals surface area contributed by atoms with Gasteiger partial charge in [0.25, 0.3) is 0 Å². The minimum Gasteiger partial charge on any atom is -0.495 e. The number of nitrogens with zero attached hydrogens (tertiary/aromatic N) is 2. The van der Waals surface area contributed by atoms with Gasteiger partial charge < -0.3 is 10.1 Å². The summed E-state index contributed by atoms with van der Waals surface area (Å²) in [6, 6.07) is 8.54. The quantitative estimate of drug-likeness (QED) is 0.815. The zero-order valence-corrected chi connectivity index (χ0v) is 9.25. The van der Waals surface area contributed by atoms with Crippen LogP contribution in [0.25, 0.3) is 0 Å². The standard InChI is InChI=1S/C11H8ClN3O/c1-16-11-3-2-9(4-10(11)12)15-7-8(5-13)6-14/h2-4,7,15H,1H3. The van der Waals surface area contributed by atoms with Gasteiger partial charge >= 0.3 is 0 Å². The van der Waals surface area contributed by atoms with E-state index in [2.05, 4.69) is 5.32 Å². The summed E-state index contributed by atoms with van der Waals surface area (Å²) in [6.45, 7) is 0. The van der Waals surface area contributed by atoms with Crippen LogP contribution in [0.15, 0.2) is 30.0 Å². The second-order valence-electron chi connectivity index (χ2n) is 2.78. The molecule has 16 heavy (non-hydrogen) atoms. The first-order valence-electron chi connectivity index (χ1n) is 4.31. The highest BCUT2D eigenvalue weighted by Gasteiger charge is 2.00. The van der Waals surface area contributed by atoms with Gasteiger partial charge in [-0.25, -0.2) is 0 Å². The third-order valence-corrected chi connectivity index (χ3v) is 2.07. The summed E-state index contributed by atoms with van der Waals surface area (Å²) in [5.41, 5.74) is 0.667.